The fourth-order valence-corrected chi connectivity index (χ4v) is 2.36. The van der Waals surface area contributed by atoms with Crippen molar-refractivity contribution in [1.82, 2.24) is 0 Å². The third kappa shape index (κ3) is 2.84. The van der Waals surface area contributed by atoms with Gasteiger partial charge < -0.3 is 9.47 Å². The number of esters is 1. The van der Waals surface area contributed by atoms with Crippen molar-refractivity contribution in [2.45, 2.75) is 5.33 Å². The van der Waals surface area contributed by atoms with Crippen LogP contribution in [0.2, 0.25) is 0 Å². The second-order valence-electron chi connectivity index (χ2n) is 2.77. The van der Waals surface area contributed by atoms with Crippen molar-refractivity contribution in [2.75, 3.05) is 14.2 Å². The van der Waals surface area contributed by atoms with E-state index in [4.69, 9.17) is 9.47 Å². The minimum atomic E-state index is -0.382. The van der Waals surface area contributed by atoms with Gasteiger partial charge in [0.25, 0.3) is 0 Å². The summed E-state index contributed by atoms with van der Waals surface area (Å²) in [4.78, 5) is 11.5. The number of ether oxygens (including phenoxy) is 2. The Morgan fingerprint density at radius 3 is 2.60 bits per heavy atom. The summed E-state index contributed by atoms with van der Waals surface area (Å²) in [6.07, 6.45) is 0. The largest absolute Gasteiger partial charge is 0.496 e. The van der Waals surface area contributed by atoms with Crippen LogP contribution < -0.4 is 4.74 Å². The van der Waals surface area contributed by atoms with Gasteiger partial charge in [-0.25, -0.2) is 4.79 Å². The third-order valence-corrected chi connectivity index (χ3v) is 3.11. The third-order valence-electron chi connectivity index (χ3n) is 1.88. The van der Waals surface area contributed by atoms with Gasteiger partial charge in [0.05, 0.1) is 14.2 Å². The lowest BCUT2D eigenvalue weighted by atomic mass is 10.1. The first-order valence-electron chi connectivity index (χ1n) is 4.14. The Labute approximate surface area is 110 Å². The van der Waals surface area contributed by atoms with E-state index in [1.54, 1.807) is 13.2 Å². The molecule has 0 saturated carbocycles. The van der Waals surface area contributed by atoms with Gasteiger partial charge >= 0.3 is 5.97 Å². The monoisotopic (exact) mass is 384 g/mol. The van der Waals surface area contributed by atoms with Gasteiger partial charge in [0.15, 0.2) is 0 Å². The molecule has 15 heavy (non-hydrogen) atoms. The molecule has 1 rings (SSSR count). The highest BCUT2D eigenvalue weighted by Crippen LogP contribution is 2.28. The van der Waals surface area contributed by atoms with Crippen molar-refractivity contribution in [3.8, 4) is 5.75 Å². The first-order valence-corrected chi connectivity index (χ1v) is 6.34. The van der Waals surface area contributed by atoms with E-state index in [0.29, 0.717) is 16.6 Å². The Balaban J connectivity index is 3.35. The Kier molecular flexibility index (Phi) is 4.85. The summed E-state index contributed by atoms with van der Waals surface area (Å²) in [6.45, 7) is 0. The number of halogens is 2. The fraction of sp³-hybridized carbons (Fsp3) is 0.300. The quantitative estimate of drug-likeness (QED) is 0.456. The lowest BCUT2D eigenvalue weighted by Crippen LogP contribution is -2.06. The van der Waals surface area contributed by atoms with Crippen molar-refractivity contribution in [3.05, 3.63) is 26.8 Å². The second-order valence-corrected chi connectivity index (χ2v) is 4.58. The molecule has 0 aromatic heterocycles. The van der Waals surface area contributed by atoms with Crippen LogP contribution in [0.5, 0.6) is 5.75 Å². The molecule has 0 aliphatic heterocycles. The number of rotatable bonds is 3. The van der Waals surface area contributed by atoms with E-state index in [9.17, 15) is 4.79 Å². The Hall–Kier alpha value is -0.300. The highest BCUT2D eigenvalue weighted by atomic mass is 127. The van der Waals surface area contributed by atoms with Crippen molar-refractivity contribution < 1.29 is 14.3 Å². The van der Waals surface area contributed by atoms with Crippen LogP contribution in [-0.2, 0) is 10.1 Å². The molecular formula is C10H10BrIO3. The van der Waals surface area contributed by atoms with Crippen LogP contribution in [0.1, 0.15) is 15.9 Å². The maximum atomic E-state index is 11.5. The molecule has 0 radical (unpaired) electrons. The molecule has 0 N–H and O–H groups in total. The van der Waals surface area contributed by atoms with Crippen LogP contribution in [0.15, 0.2) is 12.1 Å². The highest BCUT2D eigenvalue weighted by Gasteiger charge is 2.16. The van der Waals surface area contributed by atoms with E-state index < -0.39 is 0 Å². The van der Waals surface area contributed by atoms with E-state index in [1.807, 2.05) is 6.07 Å². The molecule has 3 nitrogen and oxygen atoms in total. The average molecular weight is 385 g/mol. The molecule has 1 aromatic rings. The van der Waals surface area contributed by atoms with Gasteiger partial charge in [-0.3, -0.25) is 0 Å². The minimum Gasteiger partial charge on any atom is -0.496 e. The van der Waals surface area contributed by atoms with E-state index in [-0.39, 0.29) is 5.97 Å². The molecule has 0 unspecified atom stereocenters. The molecule has 0 amide bonds. The Morgan fingerprint density at radius 1 is 1.47 bits per heavy atom. The molecule has 5 heteroatoms. The van der Waals surface area contributed by atoms with E-state index in [0.717, 1.165) is 9.13 Å². The van der Waals surface area contributed by atoms with E-state index in [2.05, 4.69) is 38.5 Å². The SMILES string of the molecule is COC(=O)c1cc(I)cc(CBr)c1OC. The lowest BCUT2D eigenvalue weighted by molar-refractivity contribution is 0.0597. The normalized spacial score (nSPS) is 9.87. The molecule has 0 bridgehead atoms. The van der Waals surface area contributed by atoms with Crippen LogP contribution in [0.25, 0.3) is 0 Å². The summed E-state index contributed by atoms with van der Waals surface area (Å²) >= 11 is 5.51. The van der Waals surface area contributed by atoms with Crippen LogP contribution >= 0.6 is 38.5 Å². The smallest absolute Gasteiger partial charge is 0.341 e. The number of carbonyl (C=O) groups is 1. The fourth-order valence-electron chi connectivity index (χ4n) is 1.25. The summed E-state index contributed by atoms with van der Waals surface area (Å²) in [5.74, 6) is 0.187. The molecule has 0 atom stereocenters. The zero-order chi connectivity index (χ0) is 11.4. The van der Waals surface area contributed by atoms with Crippen LogP contribution in [0.3, 0.4) is 0 Å². The maximum absolute atomic E-state index is 11.5. The lowest BCUT2D eigenvalue weighted by Gasteiger charge is -2.11. The highest BCUT2D eigenvalue weighted by molar-refractivity contribution is 14.1. The van der Waals surface area contributed by atoms with Gasteiger partial charge in [-0.15, -0.1) is 0 Å². The topological polar surface area (TPSA) is 35.5 Å². The van der Waals surface area contributed by atoms with Gasteiger partial charge in [-0.05, 0) is 34.7 Å². The minimum absolute atomic E-state index is 0.382. The first-order chi connectivity index (χ1) is 7.13. The average Bonchev–Trinajstić information content (AvgIpc) is 2.26. The van der Waals surface area contributed by atoms with Gasteiger partial charge in [-0.2, -0.15) is 0 Å². The first kappa shape index (κ1) is 12.8. The van der Waals surface area contributed by atoms with E-state index in [1.165, 1.54) is 7.11 Å². The van der Waals surface area contributed by atoms with Crippen LogP contribution in [0.4, 0.5) is 0 Å². The molecule has 0 heterocycles. The second kappa shape index (κ2) is 5.69. The molecule has 0 spiro atoms. The number of hydrogen-bond acceptors (Lipinski definition) is 3. The van der Waals surface area contributed by atoms with Gasteiger partial charge in [0, 0.05) is 14.5 Å². The predicted molar refractivity (Wildman–Crippen MR) is 69.7 cm³/mol. The number of alkyl halides is 1. The molecule has 0 saturated heterocycles. The van der Waals surface area contributed by atoms with Gasteiger partial charge in [0.1, 0.15) is 11.3 Å². The standard InChI is InChI=1S/C10H10BrIO3/c1-14-9-6(5-11)3-7(12)4-8(9)10(13)15-2/h3-4H,5H2,1-2H3. The number of methoxy groups -OCH3 is 2. The van der Waals surface area contributed by atoms with Crippen molar-refractivity contribution in [3.63, 3.8) is 0 Å². The van der Waals surface area contributed by atoms with Crippen molar-refractivity contribution >= 4 is 44.5 Å². The predicted octanol–water partition coefficient (Wildman–Crippen LogP) is 2.98. The molecule has 82 valence electrons. The summed E-state index contributed by atoms with van der Waals surface area (Å²) in [6, 6.07) is 3.71. The molecule has 1 aromatic carbocycles. The van der Waals surface area contributed by atoms with Crippen LogP contribution in [0, 0.1) is 3.57 Å². The van der Waals surface area contributed by atoms with Crippen LogP contribution in [-0.4, -0.2) is 20.2 Å². The zero-order valence-electron chi connectivity index (χ0n) is 8.34. The maximum Gasteiger partial charge on any atom is 0.341 e. The van der Waals surface area contributed by atoms with Gasteiger partial charge in [-0.1, -0.05) is 15.9 Å². The summed E-state index contributed by atoms with van der Waals surface area (Å²) < 4.78 is 10.9. The summed E-state index contributed by atoms with van der Waals surface area (Å²) in [5, 5.41) is 0.636. The van der Waals surface area contributed by atoms with Crippen molar-refractivity contribution in [1.29, 1.82) is 0 Å². The molecule has 0 fully saturated rings. The molecule has 0 aliphatic rings. The summed E-state index contributed by atoms with van der Waals surface area (Å²) in [5.41, 5.74) is 1.39. The summed E-state index contributed by atoms with van der Waals surface area (Å²) in [7, 11) is 2.90. The number of carbonyl (C=O) groups excluding carboxylic acids is 1. The molecular weight excluding hydrogens is 375 g/mol. The Morgan fingerprint density at radius 2 is 2.13 bits per heavy atom. The van der Waals surface area contributed by atoms with Gasteiger partial charge in [0.2, 0.25) is 0 Å². The molecule has 0 aliphatic carbocycles. The van der Waals surface area contributed by atoms with E-state index >= 15 is 0 Å². The van der Waals surface area contributed by atoms with Crippen molar-refractivity contribution in [2.24, 2.45) is 0 Å². The zero-order valence-corrected chi connectivity index (χ0v) is 12.1. The Bertz CT molecular complexity index is 379. The number of benzene rings is 1. The number of hydrogen-bond donors (Lipinski definition) is 0.